The maximum Gasteiger partial charge on any atom is 0.335 e. The third-order valence-electron chi connectivity index (χ3n) is 3.57. The van der Waals surface area contributed by atoms with Crippen LogP contribution >= 0.6 is 0 Å². The van der Waals surface area contributed by atoms with E-state index in [9.17, 15) is 9.59 Å². The average molecular weight is 258 g/mol. The average Bonchev–Trinajstić information content (AvgIpc) is 2.27. The Balaban J connectivity index is 2.16. The Morgan fingerprint density at radius 2 is 2.11 bits per heavy atom. The number of nitriles is 1. The normalized spacial score (nSPS) is 16.0. The Labute approximate surface area is 110 Å². The van der Waals surface area contributed by atoms with Crippen molar-refractivity contribution in [3.63, 3.8) is 0 Å². The lowest BCUT2D eigenvalue weighted by Crippen LogP contribution is -2.40. The van der Waals surface area contributed by atoms with Crippen LogP contribution in [0.1, 0.15) is 35.2 Å². The minimum Gasteiger partial charge on any atom is -0.478 e. The lowest BCUT2D eigenvalue weighted by Gasteiger charge is -2.33. The van der Waals surface area contributed by atoms with Crippen LogP contribution in [0.2, 0.25) is 0 Å². The molecule has 0 spiro atoms. The Morgan fingerprint density at radius 3 is 2.53 bits per heavy atom. The first-order valence-electron chi connectivity index (χ1n) is 6.05. The van der Waals surface area contributed by atoms with Crippen molar-refractivity contribution in [3.05, 3.63) is 29.3 Å². The maximum atomic E-state index is 12.0. The zero-order valence-corrected chi connectivity index (χ0v) is 10.6. The van der Waals surface area contributed by atoms with Gasteiger partial charge in [0, 0.05) is 5.69 Å². The molecule has 0 aliphatic heterocycles. The molecule has 0 radical (unpaired) electrons. The van der Waals surface area contributed by atoms with E-state index in [1.54, 1.807) is 13.0 Å². The molecule has 2 rings (SSSR count). The van der Waals surface area contributed by atoms with Gasteiger partial charge in [-0.3, -0.25) is 4.79 Å². The van der Waals surface area contributed by atoms with E-state index in [0.717, 1.165) is 6.42 Å². The van der Waals surface area contributed by atoms with Crippen LogP contribution < -0.4 is 5.32 Å². The lowest BCUT2D eigenvalue weighted by molar-refractivity contribution is -0.126. The van der Waals surface area contributed by atoms with Crippen molar-refractivity contribution in [1.82, 2.24) is 0 Å². The van der Waals surface area contributed by atoms with Crippen LogP contribution in [0.25, 0.3) is 0 Å². The van der Waals surface area contributed by atoms with Crippen molar-refractivity contribution >= 4 is 17.6 Å². The Morgan fingerprint density at radius 1 is 1.42 bits per heavy atom. The number of hydrogen-bond acceptors (Lipinski definition) is 3. The topological polar surface area (TPSA) is 90.2 Å². The fourth-order valence-corrected chi connectivity index (χ4v) is 2.15. The number of hydrogen-bond donors (Lipinski definition) is 2. The number of nitrogens with zero attached hydrogens (tertiary/aromatic N) is 1. The highest BCUT2D eigenvalue weighted by Gasteiger charge is 2.44. The third-order valence-corrected chi connectivity index (χ3v) is 3.57. The third kappa shape index (κ3) is 2.29. The van der Waals surface area contributed by atoms with Gasteiger partial charge in [0.05, 0.1) is 11.6 Å². The minimum absolute atomic E-state index is 0.205. The van der Waals surface area contributed by atoms with Gasteiger partial charge in [-0.25, -0.2) is 4.79 Å². The van der Waals surface area contributed by atoms with Gasteiger partial charge < -0.3 is 10.4 Å². The van der Waals surface area contributed by atoms with Crippen molar-refractivity contribution in [2.75, 3.05) is 5.32 Å². The van der Waals surface area contributed by atoms with Gasteiger partial charge in [0.1, 0.15) is 5.41 Å². The van der Waals surface area contributed by atoms with Gasteiger partial charge in [0.25, 0.3) is 0 Å². The summed E-state index contributed by atoms with van der Waals surface area (Å²) >= 11 is 0. The van der Waals surface area contributed by atoms with Crippen LogP contribution in [-0.2, 0) is 4.79 Å². The van der Waals surface area contributed by atoms with Gasteiger partial charge in [-0.15, -0.1) is 0 Å². The number of aryl methyl sites for hydroxylation is 1. The summed E-state index contributed by atoms with van der Waals surface area (Å²) in [5.41, 5.74) is 0.398. The molecule has 0 bridgehead atoms. The number of carboxylic acid groups (broad SMARTS) is 1. The highest BCUT2D eigenvalue weighted by Crippen LogP contribution is 2.41. The molecule has 1 aromatic carbocycles. The predicted molar refractivity (Wildman–Crippen MR) is 68.7 cm³/mol. The molecule has 2 N–H and O–H groups in total. The van der Waals surface area contributed by atoms with E-state index >= 15 is 0 Å². The molecule has 0 saturated heterocycles. The number of nitrogens with one attached hydrogen (secondary N) is 1. The van der Waals surface area contributed by atoms with E-state index in [1.807, 2.05) is 0 Å². The van der Waals surface area contributed by atoms with Gasteiger partial charge in [-0.2, -0.15) is 5.26 Å². The van der Waals surface area contributed by atoms with Gasteiger partial charge in [0.15, 0.2) is 0 Å². The highest BCUT2D eigenvalue weighted by atomic mass is 16.4. The first kappa shape index (κ1) is 13.1. The van der Waals surface area contributed by atoms with E-state index in [4.69, 9.17) is 10.4 Å². The molecule has 1 aliphatic rings. The maximum absolute atomic E-state index is 12.0. The van der Waals surface area contributed by atoms with Gasteiger partial charge in [0.2, 0.25) is 5.91 Å². The number of anilines is 1. The number of carbonyl (C=O) groups is 2. The summed E-state index contributed by atoms with van der Waals surface area (Å²) in [6.07, 6.45) is 2.06. The molecule has 0 atom stereocenters. The number of carbonyl (C=O) groups excluding carboxylic acids is 1. The molecule has 98 valence electrons. The van der Waals surface area contributed by atoms with Crippen molar-refractivity contribution in [2.45, 2.75) is 26.2 Å². The van der Waals surface area contributed by atoms with Gasteiger partial charge in [-0.1, -0.05) is 0 Å². The molecule has 1 aromatic rings. The van der Waals surface area contributed by atoms with E-state index in [2.05, 4.69) is 11.4 Å². The standard InChI is InChI=1S/C14H14N2O3/c1-9-7-10(3-4-11(9)12(17)18)16-13(19)14(8-15)5-2-6-14/h3-4,7H,2,5-6H2,1H3,(H,16,19)(H,17,18). The van der Waals surface area contributed by atoms with Crippen LogP contribution in [0.3, 0.4) is 0 Å². The van der Waals surface area contributed by atoms with Crippen LogP contribution in [0.15, 0.2) is 18.2 Å². The second-order valence-electron chi connectivity index (χ2n) is 4.84. The molecule has 0 aromatic heterocycles. The Hall–Kier alpha value is -2.35. The lowest BCUT2D eigenvalue weighted by atomic mass is 9.69. The van der Waals surface area contributed by atoms with Crippen LogP contribution in [-0.4, -0.2) is 17.0 Å². The van der Waals surface area contributed by atoms with Crippen molar-refractivity contribution in [3.8, 4) is 6.07 Å². The summed E-state index contributed by atoms with van der Waals surface area (Å²) in [6, 6.07) is 6.67. The molecule has 1 fully saturated rings. The first-order chi connectivity index (χ1) is 8.98. The molecule has 5 heteroatoms. The quantitative estimate of drug-likeness (QED) is 0.870. The zero-order valence-electron chi connectivity index (χ0n) is 10.6. The monoisotopic (exact) mass is 258 g/mol. The van der Waals surface area contributed by atoms with E-state index in [0.29, 0.717) is 24.1 Å². The number of benzene rings is 1. The molecular weight excluding hydrogens is 244 g/mol. The number of carboxylic acids is 1. The van der Waals surface area contributed by atoms with Gasteiger partial charge >= 0.3 is 5.97 Å². The summed E-state index contributed by atoms with van der Waals surface area (Å²) in [6.45, 7) is 1.67. The fourth-order valence-electron chi connectivity index (χ4n) is 2.15. The summed E-state index contributed by atoms with van der Waals surface area (Å²) in [5, 5.41) is 20.7. The minimum atomic E-state index is -0.997. The van der Waals surface area contributed by atoms with E-state index in [1.165, 1.54) is 12.1 Å². The summed E-state index contributed by atoms with van der Waals surface area (Å²) in [7, 11) is 0. The first-order valence-corrected chi connectivity index (χ1v) is 6.05. The number of aromatic carboxylic acids is 1. The molecule has 0 heterocycles. The summed E-state index contributed by atoms with van der Waals surface area (Å²) in [4.78, 5) is 22.9. The van der Waals surface area contributed by atoms with Gasteiger partial charge in [-0.05, 0) is 49.9 Å². The van der Waals surface area contributed by atoms with Crippen LogP contribution in [0.5, 0.6) is 0 Å². The smallest absolute Gasteiger partial charge is 0.335 e. The molecule has 0 unspecified atom stereocenters. The Bertz CT molecular complexity index is 583. The van der Waals surface area contributed by atoms with Crippen LogP contribution in [0, 0.1) is 23.7 Å². The SMILES string of the molecule is Cc1cc(NC(=O)C2(C#N)CCC2)ccc1C(=O)O. The fraction of sp³-hybridized carbons (Fsp3) is 0.357. The van der Waals surface area contributed by atoms with Crippen molar-refractivity contribution in [1.29, 1.82) is 5.26 Å². The molecule has 5 nitrogen and oxygen atoms in total. The zero-order chi connectivity index (χ0) is 14.0. The largest absolute Gasteiger partial charge is 0.478 e. The highest BCUT2D eigenvalue weighted by molar-refractivity contribution is 5.98. The molecule has 1 amide bonds. The summed E-state index contributed by atoms with van der Waals surface area (Å²) < 4.78 is 0. The Kier molecular flexibility index (Phi) is 3.26. The van der Waals surface area contributed by atoms with E-state index < -0.39 is 11.4 Å². The predicted octanol–water partition coefficient (Wildman–Crippen LogP) is 2.33. The molecule has 1 saturated carbocycles. The van der Waals surface area contributed by atoms with Crippen LogP contribution in [0.4, 0.5) is 5.69 Å². The second kappa shape index (κ2) is 4.73. The van der Waals surface area contributed by atoms with E-state index in [-0.39, 0.29) is 11.5 Å². The second-order valence-corrected chi connectivity index (χ2v) is 4.84. The molecule has 1 aliphatic carbocycles. The molecular formula is C14H14N2O3. The number of rotatable bonds is 3. The van der Waals surface area contributed by atoms with Crippen molar-refractivity contribution in [2.24, 2.45) is 5.41 Å². The number of amides is 1. The summed E-state index contributed by atoms with van der Waals surface area (Å²) in [5.74, 6) is -1.30. The van der Waals surface area contributed by atoms with Crippen molar-refractivity contribution < 1.29 is 14.7 Å². The molecule has 19 heavy (non-hydrogen) atoms.